The minimum atomic E-state index is -0.707. The molecule has 0 heterocycles. The van der Waals surface area contributed by atoms with E-state index in [1.165, 1.54) is 6.92 Å². The van der Waals surface area contributed by atoms with Crippen LogP contribution in [-0.2, 0) is 19.1 Å². The van der Waals surface area contributed by atoms with Crippen molar-refractivity contribution in [3.63, 3.8) is 0 Å². The van der Waals surface area contributed by atoms with Crippen LogP contribution in [0.5, 0.6) is 0 Å². The average molecular weight is 306 g/mol. The molecule has 0 radical (unpaired) electrons. The van der Waals surface area contributed by atoms with Gasteiger partial charge in [-0.3, -0.25) is 9.59 Å². The van der Waals surface area contributed by atoms with Crippen LogP contribution in [0, 0.1) is 5.92 Å². The second-order valence-electron chi connectivity index (χ2n) is 5.58. The zero-order valence-electron chi connectivity index (χ0n) is 13.9. The maximum atomic E-state index is 11.9. The van der Waals surface area contributed by atoms with Crippen molar-refractivity contribution in [2.75, 3.05) is 6.61 Å². The molecular weight excluding hydrogens is 280 g/mol. The molecule has 0 amide bonds. The molecule has 4 nitrogen and oxygen atoms in total. The first-order valence-corrected chi connectivity index (χ1v) is 7.83. The average Bonchev–Trinajstić information content (AvgIpc) is 2.46. The van der Waals surface area contributed by atoms with E-state index in [9.17, 15) is 9.59 Å². The van der Waals surface area contributed by atoms with Gasteiger partial charge in [0.05, 0.1) is 18.8 Å². The monoisotopic (exact) mass is 306 g/mol. The number of ether oxygens (including phenoxy) is 2. The molecule has 0 aliphatic rings. The molecule has 0 aromatic heterocycles. The third-order valence-corrected chi connectivity index (χ3v) is 3.39. The number of esters is 1. The molecule has 22 heavy (non-hydrogen) atoms. The quantitative estimate of drug-likeness (QED) is 0.515. The predicted octanol–water partition coefficient (Wildman–Crippen LogP) is 3.70. The Kier molecular flexibility index (Phi) is 7.82. The first-order chi connectivity index (χ1) is 10.5. The van der Waals surface area contributed by atoms with Crippen LogP contribution in [0.15, 0.2) is 30.3 Å². The van der Waals surface area contributed by atoms with Crippen LogP contribution in [0.3, 0.4) is 0 Å². The maximum Gasteiger partial charge on any atom is 0.316 e. The highest BCUT2D eigenvalue weighted by molar-refractivity contribution is 5.97. The van der Waals surface area contributed by atoms with Crippen LogP contribution >= 0.6 is 0 Å². The molecule has 0 bridgehead atoms. The van der Waals surface area contributed by atoms with Crippen LogP contribution in [0.25, 0.3) is 0 Å². The maximum absolute atomic E-state index is 11.9. The fourth-order valence-corrected chi connectivity index (χ4v) is 2.36. The lowest BCUT2D eigenvalue weighted by Crippen LogP contribution is -2.25. The highest BCUT2D eigenvalue weighted by Gasteiger charge is 2.26. The first kappa shape index (κ1) is 18.4. The van der Waals surface area contributed by atoms with Crippen molar-refractivity contribution in [1.82, 2.24) is 0 Å². The van der Waals surface area contributed by atoms with Gasteiger partial charge in [-0.05, 0) is 46.1 Å². The van der Waals surface area contributed by atoms with Gasteiger partial charge in [0.15, 0.2) is 0 Å². The third-order valence-electron chi connectivity index (χ3n) is 3.39. The fraction of sp³-hybridized carbons (Fsp3) is 0.556. The highest BCUT2D eigenvalue weighted by Crippen LogP contribution is 2.27. The summed E-state index contributed by atoms with van der Waals surface area (Å²) in [6.45, 7) is 7.41. The topological polar surface area (TPSA) is 52.6 Å². The molecule has 4 heteroatoms. The Morgan fingerprint density at radius 1 is 1.09 bits per heavy atom. The van der Waals surface area contributed by atoms with E-state index < -0.39 is 11.9 Å². The summed E-state index contributed by atoms with van der Waals surface area (Å²) in [5.74, 6) is -1.30. The number of carbonyl (C=O) groups excluding carboxylic acids is 2. The number of hydrogen-bond acceptors (Lipinski definition) is 4. The molecule has 0 saturated carbocycles. The van der Waals surface area contributed by atoms with E-state index in [1.54, 1.807) is 6.92 Å². The second-order valence-corrected chi connectivity index (χ2v) is 5.58. The number of carbonyl (C=O) groups is 2. The Balaban J connectivity index is 2.76. The molecule has 1 rings (SSSR count). The Labute approximate surface area is 132 Å². The van der Waals surface area contributed by atoms with Crippen LogP contribution in [-0.4, -0.2) is 24.5 Å². The largest absolute Gasteiger partial charge is 0.465 e. The van der Waals surface area contributed by atoms with Crippen LogP contribution in [0.1, 0.15) is 52.2 Å². The molecule has 2 atom stereocenters. The summed E-state index contributed by atoms with van der Waals surface area (Å²) in [5.41, 5.74) is 1.06. The lowest BCUT2D eigenvalue weighted by atomic mass is 9.94. The molecule has 0 aliphatic carbocycles. The van der Waals surface area contributed by atoms with E-state index in [-0.39, 0.29) is 24.6 Å². The van der Waals surface area contributed by atoms with E-state index >= 15 is 0 Å². The molecule has 2 unspecified atom stereocenters. The Hall–Kier alpha value is -1.68. The minimum absolute atomic E-state index is 0.0728. The summed E-state index contributed by atoms with van der Waals surface area (Å²) in [7, 11) is 0. The van der Waals surface area contributed by atoms with Crippen LogP contribution in [0.2, 0.25) is 0 Å². The Morgan fingerprint density at radius 2 is 1.73 bits per heavy atom. The lowest BCUT2D eigenvalue weighted by Gasteiger charge is -2.22. The summed E-state index contributed by atoms with van der Waals surface area (Å²) in [5, 5.41) is 0. The van der Waals surface area contributed by atoms with Gasteiger partial charge in [-0.2, -0.15) is 0 Å². The summed E-state index contributed by atoms with van der Waals surface area (Å²) < 4.78 is 10.9. The number of rotatable bonds is 9. The van der Waals surface area contributed by atoms with Crippen molar-refractivity contribution < 1.29 is 19.1 Å². The summed E-state index contributed by atoms with van der Waals surface area (Å²) in [6.07, 6.45) is 0.979. The van der Waals surface area contributed by atoms with E-state index in [2.05, 4.69) is 0 Å². The molecule has 1 aromatic rings. The molecule has 0 aliphatic heterocycles. The van der Waals surface area contributed by atoms with Crippen molar-refractivity contribution in [2.24, 2.45) is 5.92 Å². The minimum Gasteiger partial charge on any atom is -0.465 e. The van der Waals surface area contributed by atoms with Gasteiger partial charge in [0, 0.05) is 0 Å². The van der Waals surface area contributed by atoms with E-state index in [4.69, 9.17) is 9.47 Å². The fourth-order valence-electron chi connectivity index (χ4n) is 2.36. The number of benzene rings is 1. The number of Topliss-reactive ketones (excluding diaryl/α,β-unsaturated/α-hetero) is 1. The predicted molar refractivity (Wildman–Crippen MR) is 85.4 cm³/mol. The van der Waals surface area contributed by atoms with Crippen molar-refractivity contribution in [2.45, 2.75) is 52.7 Å². The molecule has 0 fully saturated rings. The van der Waals surface area contributed by atoms with E-state index in [1.807, 2.05) is 44.2 Å². The van der Waals surface area contributed by atoms with E-state index in [0.29, 0.717) is 12.8 Å². The van der Waals surface area contributed by atoms with Crippen molar-refractivity contribution >= 4 is 11.8 Å². The van der Waals surface area contributed by atoms with Crippen molar-refractivity contribution in [3.8, 4) is 0 Å². The van der Waals surface area contributed by atoms with Gasteiger partial charge < -0.3 is 9.47 Å². The van der Waals surface area contributed by atoms with Gasteiger partial charge in [-0.25, -0.2) is 0 Å². The van der Waals surface area contributed by atoms with Gasteiger partial charge in [0.2, 0.25) is 0 Å². The molecule has 0 spiro atoms. The molecule has 122 valence electrons. The summed E-state index contributed by atoms with van der Waals surface area (Å²) in [6, 6.07) is 9.87. The molecular formula is C18H26O4. The van der Waals surface area contributed by atoms with Gasteiger partial charge in [0.1, 0.15) is 11.7 Å². The van der Waals surface area contributed by atoms with Crippen molar-refractivity contribution in [3.05, 3.63) is 35.9 Å². The highest BCUT2D eigenvalue weighted by atomic mass is 16.5. The van der Waals surface area contributed by atoms with Gasteiger partial charge >= 0.3 is 5.97 Å². The normalized spacial score (nSPS) is 13.7. The second kappa shape index (κ2) is 9.36. The first-order valence-electron chi connectivity index (χ1n) is 7.83. The zero-order chi connectivity index (χ0) is 16.5. The van der Waals surface area contributed by atoms with Gasteiger partial charge in [0.25, 0.3) is 0 Å². The van der Waals surface area contributed by atoms with Gasteiger partial charge in [-0.1, -0.05) is 30.3 Å². The van der Waals surface area contributed by atoms with Crippen LogP contribution < -0.4 is 0 Å². The summed E-state index contributed by atoms with van der Waals surface area (Å²) >= 11 is 0. The van der Waals surface area contributed by atoms with Crippen LogP contribution in [0.4, 0.5) is 0 Å². The number of ketones is 1. The van der Waals surface area contributed by atoms with Crippen molar-refractivity contribution in [1.29, 1.82) is 0 Å². The molecule has 1 aromatic carbocycles. The standard InChI is InChI=1S/C18H26O4/c1-5-21-18(20)16(14(4)19)11-12-17(22-13(2)3)15-9-7-6-8-10-15/h6-10,13,16-17H,5,11-12H2,1-4H3. The molecule has 0 N–H and O–H groups in total. The zero-order valence-corrected chi connectivity index (χ0v) is 13.9. The summed E-state index contributed by atoms with van der Waals surface area (Å²) in [4.78, 5) is 23.6. The Morgan fingerprint density at radius 3 is 2.23 bits per heavy atom. The lowest BCUT2D eigenvalue weighted by molar-refractivity contribution is -0.151. The SMILES string of the molecule is CCOC(=O)C(CCC(OC(C)C)c1ccccc1)C(C)=O. The smallest absolute Gasteiger partial charge is 0.316 e. The Bertz CT molecular complexity index is 467. The third kappa shape index (κ3) is 5.98. The molecule has 0 saturated heterocycles. The van der Waals surface area contributed by atoms with Gasteiger partial charge in [-0.15, -0.1) is 0 Å². The van der Waals surface area contributed by atoms with E-state index in [0.717, 1.165) is 5.56 Å². The number of hydrogen-bond donors (Lipinski definition) is 0.